The Hall–Kier alpha value is -2.66. The van der Waals surface area contributed by atoms with Crippen molar-refractivity contribution in [2.24, 2.45) is 21.7 Å². The Morgan fingerprint density at radius 1 is 1.05 bits per heavy atom. The fraction of sp³-hybridized carbons (Fsp3) is 0.800. The summed E-state index contributed by atoms with van der Waals surface area (Å²) in [6.07, 6.45) is -4.12. The Balaban J connectivity index is 3.11. The van der Waals surface area contributed by atoms with Gasteiger partial charge in [-0.3, -0.25) is 24.2 Å². The van der Waals surface area contributed by atoms with Crippen LogP contribution in [-0.2, 0) is 19.2 Å². The van der Waals surface area contributed by atoms with Crippen LogP contribution in [0.1, 0.15) is 74.7 Å². The molecule has 0 aliphatic carbocycles. The van der Waals surface area contributed by atoms with Crippen LogP contribution >= 0.6 is 0 Å². The second-order valence-corrected chi connectivity index (χ2v) is 12.7. The molecule has 9 nitrogen and oxygen atoms in total. The molecule has 4 N–H and O–H groups in total. The first-order chi connectivity index (χ1) is 16.6. The lowest BCUT2D eigenvalue weighted by atomic mass is 9.84. The minimum absolute atomic E-state index is 0.124. The van der Waals surface area contributed by atoms with Gasteiger partial charge in [-0.25, -0.2) is 0 Å². The molecule has 1 fully saturated rings. The minimum Gasteiger partial charge on any atom is -0.351 e. The monoisotopic (exact) mass is 533 g/mol. The van der Waals surface area contributed by atoms with Crippen molar-refractivity contribution < 1.29 is 32.3 Å². The van der Waals surface area contributed by atoms with Crippen LogP contribution in [0.25, 0.3) is 0 Å². The number of alkyl halides is 3. The van der Waals surface area contributed by atoms with Crippen molar-refractivity contribution in [1.29, 1.82) is 0 Å². The largest absolute Gasteiger partial charge is 0.471 e. The highest BCUT2D eigenvalue weighted by molar-refractivity contribution is 5.93. The Morgan fingerprint density at radius 3 is 2.03 bits per heavy atom. The van der Waals surface area contributed by atoms with E-state index in [0.29, 0.717) is 12.8 Å². The van der Waals surface area contributed by atoms with Crippen LogP contribution < -0.4 is 21.3 Å². The van der Waals surface area contributed by atoms with Crippen molar-refractivity contribution in [3.63, 3.8) is 0 Å². The van der Waals surface area contributed by atoms with Gasteiger partial charge in [-0.2, -0.15) is 13.2 Å². The average molecular weight is 534 g/mol. The highest BCUT2D eigenvalue weighted by Crippen LogP contribution is 2.28. The summed E-state index contributed by atoms with van der Waals surface area (Å²) in [7, 11) is 0. The fourth-order valence-electron chi connectivity index (χ4n) is 4.33. The third-order valence-electron chi connectivity index (χ3n) is 5.96. The molecular formula is C25H42F3N5O4. The van der Waals surface area contributed by atoms with Gasteiger partial charge < -0.3 is 21.3 Å². The van der Waals surface area contributed by atoms with Crippen molar-refractivity contribution in [2.75, 3.05) is 6.54 Å². The predicted octanol–water partition coefficient (Wildman–Crippen LogP) is 2.49. The number of aliphatic imine (C=N–C) groups is 1. The van der Waals surface area contributed by atoms with E-state index in [1.807, 2.05) is 34.6 Å². The third kappa shape index (κ3) is 10.7. The molecule has 1 aliphatic rings. The highest BCUT2D eigenvalue weighted by Gasteiger charge is 2.44. The summed E-state index contributed by atoms with van der Waals surface area (Å²) < 4.78 is 38.6. The van der Waals surface area contributed by atoms with Gasteiger partial charge in [-0.05, 0) is 50.7 Å². The third-order valence-corrected chi connectivity index (χ3v) is 5.96. The average Bonchev–Trinajstić information content (AvgIpc) is 2.93. The van der Waals surface area contributed by atoms with E-state index in [2.05, 4.69) is 27.7 Å². The summed E-state index contributed by atoms with van der Waals surface area (Å²) in [6.45, 7) is 17.5. The number of nitrogens with zero attached hydrogens (tertiary/aromatic N) is 1. The molecule has 1 rings (SSSR count). The van der Waals surface area contributed by atoms with Gasteiger partial charge in [0.1, 0.15) is 12.1 Å². The van der Waals surface area contributed by atoms with Crippen molar-refractivity contribution in [2.45, 2.75) is 104 Å². The van der Waals surface area contributed by atoms with Crippen molar-refractivity contribution >= 4 is 30.3 Å². The normalized spacial score (nSPS) is 20.3. The molecule has 12 heteroatoms. The first kappa shape index (κ1) is 32.4. The second-order valence-electron chi connectivity index (χ2n) is 12.7. The van der Waals surface area contributed by atoms with E-state index in [9.17, 15) is 32.3 Å². The predicted molar refractivity (Wildman–Crippen MR) is 135 cm³/mol. The molecule has 0 aromatic carbocycles. The van der Waals surface area contributed by atoms with Gasteiger partial charge in [-0.1, -0.05) is 41.5 Å². The van der Waals surface area contributed by atoms with E-state index < -0.39 is 52.9 Å². The molecule has 37 heavy (non-hydrogen) atoms. The summed E-state index contributed by atoms with van der Waals surface area (Å²) in [4.78, 5) is 54.2. The van der Waals surface area contributed by atoms with Crippen LogP contribution in [0.5, 0.6) is 0 Å². The number of amides is 4. The van der Waals surface area contributed by atoms with Crippen molar-refractivity contribution in [1.82, 2.24) is 21.3 Å². The Kier molecular flexibility index (Phi) is 10.3. The zero-order valence-corrected chi connectivity index (χ0v) is 23.1. The number of hydrogen-bond donors (Lipinski definition) is 4. The van der Waals surface area contributed by atoms with Crippen molar-refractivity contribution in [3.8, 4) is 0 Å². The van der Waals surface area contributed by atoms with Gasteiger partial charge in [0.2, 0.25) is 17.7 Å². The highest BCUT2D eigenvalue weighted by atomic mass is 19.4. The van der Waals surface area contributed by atoms with E-state index in [0.717, 1.165) is 0 Å². The lowest BCUT2D eigenvalue weighted by Gasteiger charge is -2.33. The van der Waals surface area contributed by atoms with E-state index in [1.54, 1.807) is 5.32 Å². The molecule has 0 bridgehead atoms. The number of carbonyl (C=O) groups excluding carboxylic acids is 4. The summed E-state index contributed by atoms with van der Waals surface area (Å²) in [5.74, 6) is -4.19. The van der Waals surface area contributed by atoms with Gasteiger partial charge in [-0.15, -0.1) is 0 Å². The van der Waals surface area contributed by atoms with Crippen LogP contribution in [0.15, 0.2) is 4.99 Å². The topological polar surface area (TPSA) is 129 Å². The number of rotatable bonds is 10. The van der Waals surface area contributed by atoms with Gasteiger partial charge in [0.15, 0.2) is 0 Å². The molecule has 0 spiro atoms. The number of nitrogens with one attached hydrogen (secondary N) is 4. The number of hydrogen-bond acceptors (Lipinski definition) is 5. The fourth-order valence-corrected chi connectivity index (χ4v) is 4.33. The number of carbonyl (C=O) groups is 4. The summed E-state index contributed by atoms with van der Waals surface area (Å²) in [5.41, 5.74) is -1.89. The maximum absolute atomic E-state index is 13.3. The standard InChI is InChI=1S/C25H42F3N5O4/c1-22(2,3)12-16(31-20(36)17(23(4,5)6)32-21(37)25(26,27)28)19(35)30-15(13-29-9)10-14-11-24(7,8)33-18(14)34/h14-17H,9-13H2,1-8H3,(H,30,35)(H,31,36)(H,32,37)(H,33,34). The molecule has 1 heterocycles. The molecule has 0 aromatic rings. The molecule has 4 atom stereocenters. The number of halogens is 3. The molecular weight excluding hydrogens is 491 g/mol. The van der Waals surface area contributed by atoms with Crippen molar-refractivity contribution in [3.05, 3.63) is 0 Å². The van der Waals surface area contributed by atoms with Crippen LogP contribution in [0, 0.1) is 16.7 Å². The van der Waals surface area contributed by atoms with Gasteiger partial charge in [0.05, 0.1) is 6.54 Å². The van der Waals surface area contributed by atoms with Crippen LogP contribution in [0.3, 0.4) is 0 Å². The Labute approximate surface area is 217 Å². The molecule has 1 saturated heterocycles. The summed E-state index contributed by atoms with van der Waals surface area (Å²) >= 11 is 0. The van der Waals surface area contributed by atoms with E-state index in [1.165, 1.54) is 20.8 Å². The van der Waals surface area contributed by atoms with Crippen LogP contribution in [-0.4, -0.2) is 66.7 Å². The SMILES string of the molecule is C=NCC(CC1CC(C)(C)NC1=O)NC(=O)C(CC(C)(C)C)NC(=O)C(NC(=O)C(F)(F)F)C(C)(C)C. The molecule has 0 saturated carbocycles. The molecule has 4 amide bonds. The van der Waals surface area contributed by atoms with Crippen LogP contribution in [0.4, 0.5) is 13.2 Å². The first-order valence-electron chi connectivity index (χ1n) is 12.3. The first-order valence-corrected chi connectivity index (χ1v) is 12.3. The van der Waals surface area contributed by atoms with Crippen LogP contribution in [0.2, 0.25) is 0 Å². The molecule has 4 unspecified atom stereocenters. The lowest BCUT2D eigenvalue weighted by molar-refractivity contribution is -0.175. The van der Waals surface area contributed by atoms with Gasteiger partial charge >= 0.3 is 12.1 Å². The van der Waals surface area contributed by atoms with E-state index in [-0.39, 0.29) is 30.3 Å². The summed E-state index contributed by atoms with van der Waals surface area (Å²) in [5, 5.41) is 10.0. The maximum Gasteiger partial charge on any atom is 0.471 e. The summed E-state index contributed by atoms with van der Waals surface area (Å²) in [6, 6.07) is -3.20. The lowest BCUT2D eigenvalue weighted by Crippen LogP contribution is -2.60. The molecule has 0 radical (unpaired) electrons. The zero-order chi connectivity index (χ0) is 29.0. The minimum atomic E-state index is -5.17. The smallest absolute Gasteiger partial charge is 0.351 e. The molecule has 212 valence electrons. The molecule has 0 aromatic heterocycles. The van der Waals surface area contributed by atoms with Gasteiger partial charge in [0, 0.05) is 17.5 Å². The Morgan fingerprint density at radius 2 is 1.62 bits per heavy atom. The maximum atomic E-state index is 13.3. The zero-order valence-electron chi connectivity index (χ0n) is 23.1. The quantitative estimate of drug-likeness (QED) is 0.322. The second kappa shape index (κ2) is 11.8. The van der Waals surface area contributed by atoms with E-state index in [4.69, 9.17) is 0 Å². The molecule has 1 aliphatic heterocycles. The Bertz CT molecular complexity index is 875. The van der Waals surface area contributed by atoms with Gasteiger partial charge in [0.25, 0.3) is 0 Å². The van der Waals surface area contributed by atoms with E-state index >= 15 is 0 Å².